The molecule has 1 saturated heterocycles. The van der Waals surface area contributed by atoms with E-state index >= 15 is 0 Å². The second-order valence-corrected chi connectivity index (χ2v) is 9.58. The van der Waals surface area contributed by atoms with Crippen LogP contribution in [0.15, 0.2) is 47.4 Å². The number of hydrogen-bond donors (Lipinski definition) is 1. The second-order valence-electron chi connectivity index (χ2n) is 7.03. The number of benzene rings is 2. The van der Waals surface area contributed by atoms with Gasteiger partial charge in [0.2, 0.25) is 10.0 Å². The van der Waals surface area contributed by atoms with Crippen LogP contribution in [0.3, 0.4) is 0 Å². The second kappa shape index (κ2) is 8.82. The molecule has 3 rings (SSSR count). The number of likely N-dealkylation sites (tertiary alicyclic amines) is 1. The summed E-state index contributed by atoms with van der Waals surface area (Å²) in [6.07, 6.45) is 1.66. The molecule has 0 bridgehead atoms. The molecule has 8 heteroatoms. The molecule has 0 saturated carbocycles. The summed E-state index contributed by atoms with van der Waals surface area (Å²) in [5, 5.41) is 0.586. The number of hydrogen-bond acceptors (Lipinski definition) is 3. The number of piperidine rings is 1. The van der Waals surface area contributed by atoms with Crippen LogP contribution in [0.5, 0.6) is 0 Å². The van der Waals surface area contributed by atoms with Gasteiger partial charge >= 0.3 is 0 Å². The predicted molar refractivity (Wildman–Crippen MR) is 111 cm³/mol. The van der Waals surface area contributed by atoms with Crippen LogP contribution in [-0.2, 0) is 10.0 Å². The summed E-state index contributed by atoms with van der Waals surface area (Å²) in [5.41, 5.74) is 1.37. The van der Waals surface area contributed by atoms with Crippen LogP contribution >= 0.6 is 23.2 Å². The highest BCUT2D eigenvalue weighted by atomic mass is 35.5. The molecule has 2 aromatic carbocycles. The van der Waals surface area contributed by atoms with Gasteiger partial charge in [0.1, 0.15) is 0 Å². The number of rotatable bonds is 5. The Bertz CT molecular complexity index is 962. The molecular weight excluding hydrogens is 419 g/mol. The summed E-state index contributed by atoms with van der Waals surface area (Å²) < 4.78 is 27.6. The number of carbonyl (C=O) groups excluding carboxylic acids is 1. The average Bonchev–Trinajstić information content (AvgIpc) is 2.69. The Morgan fingerprint density at radius 3 is 2.61 bits per heavy atom. The van der Waals surface area contributed by atoms with E-state index in [2.05, 4.69) is 4.72 Å². The molecule has 0 unspecified atom stereocenters. The van der Waals surface area contributed by atoms with Gasteiger partial charge < -0.3 is 4.90 Å². The zero-order chi connectivity index (χ0) is 20.3. The molecule has 0 spiro atoms. The van der Waals surface area contributed by atoms with Gasteiger partial charge in [0, 0.05) is 19.6 Å². The van der Waals surface area contributed by atoms with Crippen molar-refractivity contribution in [3.05, 3.63) is 63.6 Å². The highest BCUT2D eigenvalue weighted by Gasteiger charge is 2.27. The molecule has 0 aromatic heterocycles. The largest absolute Gasteiger partial charge is 0.338 e. The van der Waals surface area contributed by atoms with Gasteiger partial charge in [-0.25, -0.2) is 13.1 Å². The molecule has 150 valence electrons. The Morgan fingerprint density at radius 2 is 1.89 bits per heavy atom. The summed E-state index contributed by atoms with van der Waals surface area (Å²) in [4.78, 5) is 14.8. The van der Waals surface area contributed by atoms with Crippen LogP contribution in [-0.4, -0.2) is 38.9 Å². The first-order valence-electron chi connectivity index (χ1n) is 9.07. The molecule has 1 N–H and O–H groups in total. The number of nitrogens with one attached hydrogen (secondary N) is 1. The lowest BCUT2D eigenvalue weighted by atomic mass is 9.97. The smallest absolute Gasteiger partial charge is 0.255 e. The third kappa shape index (κ3) is 4.87. The standard InChI is InChI=1S/C20H22Cl2N2O3S/c1-14-7-9-16(10-8-14)28(26,27)23-12-15-4-3-11-24(13-15)20(25)17-5-2-6-18(21)19(17)22/h2,5-10,15,23H,3-4,11-13H2,1H3/t15-/m0/s1. The van der Waals surface area contributed by atoms with Gasteiger partial charge in [-0.2, -0.15) is 0 Å². The minimum Gasteiger partial charge on any atom is -0.338 e. The third-order valence-electron chi connectivity index (χ3n) is 4.88. The number of amides is 1. The van der Waals surface area contributed by atoms with Crippen molar-refractivity contribution in [2.24, 2.45) is 5.92 Å². The number of aryl methyl sites for hydroxylation is 1. The van der Waals surface area contributed by atoms with Crippen LogP contribution in [0, 0.1) is 12.8 Å². The molecule has 1 aliphatic rings. The van der Waals surface area contributed by atoms with E-state index < -0.39 is 10.0 Å². The topological polar surface area (TPSA) is 66.5 Å². The summed E-state index contributed by atoms with van der Waals surface area (Å²) >= 11 is 12.2. The summed E-state index contributed by atoms with van der Waals surface area (Å²) in [6, 6.07) is 11.7. The van der Waals surface area contributed by atoms with Gasteiger partial charge in [-0.1, -0.05) is 47.0 Å². The van der Waals surface area contributed by atoms with Crippen molar-refractivity contribution in [3.63, 3.8) is 0 Å². The maximum Gasteiger partial charge on any atom is 0.255 e. The third-order valence-corrected chi connectivity index (χ3v) is 7.14. The zero-order valence-corrected chi connectivity index (χ0v) is 17.8. The maximum atomic E-state index is 12.8. The number of halogens is 2. The number of carbonyl (C=O) groups is 1. The fraction of sp³-hybridized carbons (Fsp3) is 0.350. The molecule has 0 radical (unpaired) electrons. The van der Waals surface area contributed by atoms with Crippen LogP contribution in [0.25, 0.3) is 0 Å². The van der Waals surface area contributed by atoms with Crippen molar-refractivity contribution >= 4 is 39.1 Å². The van der Waals surface area contributed by atoms with E-state index in [9.17, 15) is 13.2 Å². The first-order chi connectivity index (χ1) is 13.3. The molecule has 28 heavy (non-hydrogen) atoms. The van der Waals surface area contributed by atoms with Gasteiger partial charge in [-0.15, -0.1) is 0 Å². The first-order valence-corrected chi connectivity index (χ1v) is 11.3. The molecule has 5 nitrogen and oxygen atoms in total. The molecule has 2 aromatic rings. The van der Waals surface area contributed by atoms with Crippen LogP contribution in [0.1, 0.15) is 28.8 Å². The lowest BCUT2D eigenvalue weighted by Crippen LogP contribution is -2.43. The van der Waals surface area contributed by atoms with Crippen molar-refractivity contribution in [3.8, 4) is 0 Å². The molecule has 0 aliphatic carbocycles. The SMILES string of the molecule is Cc1ccc(S(=O)(=O)NC[C@@H]2CCCN(C(=O)c3cccc(Cl)c3Cl)C2)cc1. The highest BCUT2D eigenvalue weighted by molar-refractivity contribution is 7.89. The van der Waals surface area contributed by atoms with Crippen molar-refractivity contribution in [1.29, 1.82) is 0 Å². The van der Waals surface area contributed by atoms with Gasteiger partial charge in [-0.05, 0) is 49.9 Å². The van der Waals surface area contributed by atoms with E-state index in [1.54, 1.807) is 47.4 Å². The van der Waals surface area contributed by atoms with E-state index in [1.807, 2.05) is 6.92 Å². The first kappa shape index (κ1) is 21.1. The molecular formula is C20H22Cl2N2O3S. The normalized spacial score (nSPS) is 17.5. The molecule has 1 heterocycles. The summed E-state index contributed by atoms with van der Waals surface area (Å²) in [6.45, 7) is 3.27. The van der Waals surface area contributed by atoms with Crippen molar-refractivity contribution < 1.29 is 13.2 Å². The number of nitrogens with zero attached hydrogens (tertiary/aromatic N) is 1. The van der Waals surface area contributed by atoms with Crippen molar-refractivity contribution in [2.75, 3.05) is 19.6 Å². The fourth-order valence-corrected chi connectivity index (χ4v) is 4.78. The highest BCUT2D eigenvalue weighted by Crippen LogP contribution is 2.28. The molecule has 1 amide bonds. The Balaban J connectivity index is 1.64. The van der Waals surface area contributed by atoms with Crippen LogP contribution in [0.2, 0.25) is 10.0 Å². The lowest BCUT2D eigenvalue weighted by Gasteiger charge is -2.33. The van der Waals surface area contributed by atoms with Gasteiger partial charge in [0.25, 0.3) is 5.91 Å². The summed E-state index contributed by atoms with van der Waals surface area (Å²) in [5.74, 6) is -0.144. The van der Waals surface area contributed by atoms with Gasteiger partial charge in [-0.3, -0.25) is 4.79 Å². The lowest BCUT2D eigenvalue weighted by molar-refractivity contribution is 0.0676. The van der Waals surface area contributed by atoms with Gasteiger partial charge in [0.15, 0.2) is 0 Å². The Hall–Kier alpha value is -1.60. The summed E-state index contributed by atoms with van der Waals surface area (Å²) in [7, 11) is -3.57. The van der Waals surface area contributed by atoms with E-state index in [0.29, 0.717) is 23.7 Å². The monoisotopic (exact) mass is 440 g/mol. The maximum absolute atomic E-state index is 12.8. The Kier molecular flexibility index (Phi) is 6.65. The molecule has 1 atom stereocenters. The molecule has 1 fully saturated rings. The van der Waals surface area contributed by atoms with Gasteiger partial charge in [0.05, 0.1) is 20.5 Å². The zero-order valence-electron chi connectivity index (χ0n) is 15.5. The fourth-order valence-electron chi connectivity index (χ4n) is 3.28. The van der Waals surface area contributed by atoms with Crippen molar-refractivity contribution in [1.82, 2.24) is 9.62 Å². The van der Waals surface area contributed by atoms with Crippen LogP contribution < -0.4 is 4.72 Å². The van der Waals surface area contributed by atoms with E-state index in [0.717, 1.165) is 18.4 Å². The minimum absolute atomic E-state index is 0.0379. The Labute approximate surface area is 175 Å². The van der Waals surface area contributed by atoms with E-state index in [-0.39, 0.29) is 28.3 Å². The van der Waals surface area contributed by atoms with Crippen molar-refractivity contribution in [2.45, 2.75) is 24.7 Å². The van der Waals surface area contributed by atoms with Crippen LogP contribution in [0.4, 0.5) is 0 Å². The molecule has 1 aliphatic heterocycles. The predicted octanol–water partition coefficient (Wildman–Crippen LogP) is 4.13. The van der Waals surface area contributed by atoms with E-state index in [4.69, 9.17) is 23.2 Å². The quantitative estimate of drug-likeness (QED) is 0.759. The van der Waals surface area contributed by atoms with E-state index in [1.165, 1.54) is 0 Å². The minimum atomic E-state index is -3.57. The number of sulfonamides is 1. The average molecular weight is 441 g/mol. The Morgan fingerprint density at radius 1 is 1.18 bits per heavy atom.